The Balaban J connectivity index is 2.01. The molecule has 0 atom stereocenters. The summed E-state index contributed by atoms with van der Waals surface area (Å²) in [5.74, 6) is 1.39. The molecule has 0 N–H and O–H groups in total. The van der Waals surface area contributed by atoms with Crippen LogP contribution in [0, 0.1) is 0 Å². The monoisotopic (exact) mass is 323 g/mol. The number of likely N-dealkylation sites (N-methyl/N-ethyl adjacent to an activating group) is 1. The number of para-hydroxylation sites is 1. The summed E-state index contributed by atoms with van der Waals surface area (Å²) in [4.78, 5) is 14.2. The second-order valence-corrected chi connectivity index (χ2v) is 5.70. The van der Waals surface area contributed by atoms with Gasteiger partial charge in [0, 0.05) is 18.2 Å². The van der Waals surface area contributed by atoms with Gasteiger partial charge in [-0.1, -0.05) is 31.2 Å². The molecule has 0 unspecified atom stereocenters. The number of fused-ring (bicyclic) bond motifs is 1. The topological polar surface area (TPSA) is 38.8 Å². The smallest absolute Gasteiger partial charge is 0.258 e. The third-order valence-corrected chi connectivity index (χ3v) is 4.05. The van der Waals surface area contributed by atoms with E-state index >= 15 is 0 Å². The molecule has 0 spiro atoms. The van der Waals surface area contributed by atoms with Crippen molar-refractivity contribution in [1.29, 1.82) is 0 Å². The van der Waals surface area contributed by atoms with E-state index in [1.807, 2.05) is 48.5 Å². The molecule has 0 aliphatic carbocycles. The van der Waals surface area contributed by atoms with Crippen molar-refractivity contribution in [2.24, 2.45) is 0 Å². The second kappa shape index (κ2) is 6.79. The minimum absolute atomic E-state index is 0.00282. The lowest BCUT2D eigenvalue weighted by atomic mass is 10.0. The summed E-state index contributed by atoms with van der Waals surface area (Å²) in [6.07, 6.45) is 2.83. The van der Waals surface area contributed by atoms with Crippen molar-refractivity contribution in [2.75, 3.05) is 25.7 Å². The molecular weight excluding hydrogens is 302 g/mol. The fraction of sp³-hybridized carbons (Fsp3) is 0.250. The Morgan fingerprint density at radius 2 is 1.92 bits per heavy atom. The van der Waals surface area contributed by atoms with E-state index in [-0.39, 0.29) is 5.91 Å². The molecular formula is C20H21NO3. The van der Waals surface area contributed by atoms with Crippen LogP contribution in [-0.2, 0) is 4.79 Å². The minimum atomic E-state index is 0.00282. The largest absolute Gasteiger partial charge is 0.493 e. The maximum atomic E-state index is 12.5. The Morgan fingerprint density at radius 1 is 1.12 bits per heavy atom. The first-order valence-corrected chi connectivity index (χ1v) is 8.05. The van der Waals surface area contributed by atoms with Gasteiger partial charge in [-0.15, -0.1) is 0 Å². The first-order chi connectivity index (χ1) is 11.7. The number of benzene rings is 2. The van der Waals surface area contributed by atoms with Gasteiger partial charge < -0.3 is 14.4 Å². The lowest BCUT2D eigenvalue weighted by Crippen LogP contribution is -2.20. The van der Waals surface area contributed by atoms with Crippen molar-refractivity contribution in [3.63, 3.8) is 0 Å². The van der Waals surface area contributed by atoms with Gasteiger partial charge in [-0.05, 0) is 36.3 Å². The van der Waals surface area contributed by atoms with E-state index in [2.05, 4.69) is 6.92 Å². The van der Waals surface area contributed by atoms with Crippen LogP contribution in [0.1, 0.15) is 24.5 Å². The van der Waals surface area contributed by atoms with Gasteiger partial charge in [0.25, 0.3) is 5.91 Å². The van der Waals surface area contributed by atoms with Gasteiger partial charge in [0.2, 0.25) is 0 Å². The number of ether oxygens (including phenoxy) is 2. The maximum Gasteiger partial charge on any atom is 0.258 e. The highest BCUT2D eigenvalue weighted by atomic mass is 16.5. The van der Waals surface area contributed by atoms with Crippen LogP contribution in [0.2, 0.25) is 0 Å². The highest BCUT2D eigenvalue weighted by molar-refractivity contribution is 6.35. The van der Waals surface area contributed by atoms with Crippen LogP contribution in [-0.4, -0.2) is 26.7 Å². The highest BCUT2D eigenvalue weighted by Crippen LogP contribution is 2.37. The molecule has 2 aromatic carbocycles. The van der Waals surface area contributed by atoms with Crippen LogP contribution in [0.5, 0.6) is 11.5 Å². The summed E-state index contributed by atoms with van der Waals surface area (Å²) in [5, 5.41) is 0. The normalized spacial score (nSPS) is 14.9. The summed E-state index contributed by atoms with van der Waals surface area (Å²) in [6, 6.07) is 13.5. The van der Waals surface area contributed by atoms with Crippen LogP contribution in [0.3, 0.4) is 0 Å². The number of amides is 1. The van der Waals surface area contributed by atoms with Crippen molar-refractivity contribution in [3.8, 4) is 11.5 Å². The third kappa shape index (κ3) is 2.87. The van der Waals surface area contributed by atoms with Gasteiger partial charge in [0.1, 0.15) is 0 Å². The fourth-order valence-corrected chi connectivity index (χ4v) is 2.81. The van der Waals surface area contributed by atoms with E-state index < -0.39 is 0 Å². The van der Waals surface area contributed by atoms with E-state index in [1.165, 1.54) is 0 Å². The van der Waals surface area contributed by atoms with Gasteiger partial charge in [0.15, 0.2) is 11.5 Å². The minimum Gasteiger partial charge on any atom is -0.493 e. The maximum absolute atomic E-state index is 12.5. The summed E-state index contributed by atoms with van der Waals surface area (Å²) in [7, 11) is 3.42. The molecule has 0 bridgehead atoms. The molecule has 2 aromatic rings. The van der Waals surface area contributed by atoms with Crippen molar-refractivity contribution >= 4 is 23.2 Å². The van der Waals surface area contributed by atoms with Crippen LogP contribution < -0.4 is 14.4 Å². The summed E-state index contributed by atoms with van der Waals surface area (Å²) >= 11 is 0. The molecule has 24 heavy (non-hydrogen) atoms. The van der Waals surface area contributed by atoms with Gasteiger partial charge in [0.05, 0.1) is 19.4 Å². The van der Waals surface area contributed by atoms with Gasteiger partial charge in [-0.2, -0.15) is 0 Å². The number of carbonyl (C=O) groups is 1. The van der Waals surface area contributed by atoms with Crippen molar-refractivity contribution in [1.82, 2.24) is 0 Å². The van der Waals surface area contributed by atoms with Gasteiger partial charge in [-0.25, -0.2) is 0 Å². The van der Waals surface area contributed by atoms with E-state index in [0.717, 1.165) is 23.2 Å². The molecule has 0 radical (unpaired) electrons. The standard InChI is InChI=1S/C20H21NO3/c1-4-11-24-19-13-14(9-10-18(19)23-3)12-16-15-7-5-6-8-17(15)21(2)20(16)22/h5-10,12-13H,4,11H2,1-3H3/b16-12+. The number of rotatable bonds is 5. The lowest BCUT2D eigenvalue weighted by Gasteiger charge is -2.11. The number of hydrogen-bond acceptors (Lipinski definition) is 3. The second-order valence-electron chi connectivity index (χ2n) is 5.70. The average Bonchev–Trinajstić information content (AvgIpc) is 2.85. The van der Waals surface area contributed by atoms with Gasteiger partial charge in [-0.3, -0.25) is 4.79 Å². The number of methoxy groups -OCH3 is 1. The van der Waals surface area contributed by atoms with E-state index in [1.54, 1.807) is 19.1 Å². The molecule has 1 heterocycles. The molecule has 4 heteroatoms. The summed E-state index contributed by atoms with van der Waals surface area (Å²) in [6.45, 7) is 2.68. The zero-order chi connectivity index (χ0) is 17.1. The Labute approximate surface area is 142 Å². The third-order valence-electron chi connectivity index (χ3n) is 4.05. The highest BCUT2D eigenvalue weighted by Gasteiger charge is 2.29. The Hall–Kier alpha value is -2.75. The predicted octanol–water partition coefficient (Wildman–Crippen LogP) is 4.00. The molecule has 124 valence electrons. The van der Waals surface area contributed by atoms with Crippen LogP contribution in [0.4, 0.5) is 5.69 Å². The van der Waals surface area contributed by atoms with Crippen LogP contribution in [0.25, 0.3) is 11.6 Å². The number of hydrogen-bond donors (Lipinski definition) is 0. The molecule has 0 fully saturated rings. The molecule has 0 aromatic heterocycles. The fourth-order valence-electron chi connectivity index (χ4n) is 2.81. The van der Waals surface area contributed by atoms with E-state index in [9.17, 15) is 4.79 Å². The van der Waals surface area contributed by atoms with Crippen LogP contribution in [0.15, 0.2) is 42.5 Å². The molecule has 3 rings (SSSR count). The van der Waals surface area contributed by atoms with Crippen molar-refractivity contribution in [3.05, 3.63) is 53.6 Å². The Bertz CT molecular complexity index is 795. The van der Waals surface area contributed by atoms with Crippen molar-refractivity contribution < 1.29 is 14.3 Å². The average molecular weight is 323 g/mol. The molecule has 1 aliphatic heterocycles. The predicted molar refractivity (Wildman–Crippen MR) is 96.5 cm³/mol. The van der Waals surface area contributed by atoms with Gasteiger partial charge >= 0.3 is 0 Å². The summed E-state index contributed by atoms with van der Waals surface area (Å²) in [5.41, 5.74) is 3.50. The Morgan fingerprint density at radius 3 is 2.67 bits per heavy atom. The van der Waals surface area contributed by atoms with E-state index in [0.29, 0.717) is 23.7 Å². The zero-order valence-corrected chi connectivity index (χ0v) is 14.2. The molecule has 0 saturated carbocycles. The Kier molecular flexibility index (Phi) is 4.56. The molecule has 1 aliphatic rings. The first-order valence-electron chi connectivity index (χ1n) is 8.05. The SMILES string of the molecule is CCCOc1cc(/C=C2/C(=O)N(C)c3ccccc32)ccc1OC. The van der Waals surface area contributed by atoms with Crippen molar-refractivity contribution in [2.45, 2.75) is 13.3 Å². The van der Waals surface area contributed by atoms with Crippen LogP contribution >= 0.6 is 0 Å². The zero-order valence-electron chi connectivity index (χ0n) is 14.2. The number of anilines is 1. The summed E-state index contributed by atoms with van der Waals surface area (Å²) < 4.78 is 11.1. The quantitative estimate of drug-likeness (QED) is 0.781. The molecule has 1 amide bonds. The molecule has 4 nitrogen and oxygen atoms in total. The number of carbonyl (C=O) groups excluding carboxylic acids is 1. The first kappa shape index (κ1) is 16.1. The number of nitrogens with zero attached hydrogens (tertiary/aromatic N) is 1. The molecule has 0 saturated heterocycles. The lowest BCUT2D eigenvalue weighted by molar-refractivity contribution is -0.112. The van der Waals surface area contributed by atoms with E-state index in [4.69, 9.17) is 9.47 Å².